The number of para-hydroxylation sites is 1. The number of esters is 1. The first-order valence-electron chi connectivity index (χ1n) is 12.2. The maximum Gasteiger partial charge on any atom is 0.323 e. The number of ether oxygens (including phenoxy) is 1. The number of unbranched alkanes of at least 4 members (excludes halogenated alkanes) is 1. The molecular formula is C25H38BrN3O5. The Bertz CT molecular complexity index is 815. The molecule has 8 nitrogen and oxygen atoms in total. The second-order valence-corrected chi connectivity index (χ2v) is 8.99. The minimum atomic E-state index is -1.07. The molecule has 2 heterocycles. The number of fused-ring (bicyclic) bond motifs is 1. The van der Waals surface area contributed by atoms with Crippen LogP contribution in [0, 0.1) is 5.92 Å². The number of piperidine rings is 1. The summed E-state index contributed by atoms with van der Waals surface area (Å²) in [5.41, 5.74) is 1.56. The summed E-state index contributed by atoms with van der Waals surface area (Å²) in [7, 11) is 0. The molecule has 2 atom stereocenters. The van der Waals surface area contributed by atoms with Crippen molar-refractivity contribution < 1.29 is 24.2 Å². The van der Waals surface area contributed by atoms with Crippen molar-refractivity contribution in [1.82, 2.24) is 10.6 Å². The molecule has 0 saturated carbocycles. The summed E-state index contributed by atoms with van der Waals surface area (Å²) >= 11 is 0. The third-order valence-corrected chi connectivity index (χ3v) is 6.63. The number of hydrogen-bond donors (Lipinski definition) is 3. The van der Waals surface area contributed by atoms with Crippen LogP contribution in [0.5, 0.6) is 0 Å². The molecule has 1 aromatic carbocycles. The van der Waals surface area contributed by atoms with Crippen LogP contribution in [0.4, 0.5) is 5.69 Å². The van der Waals surface area contributed by atoms with Gasteiger partial charge in [-0.15, -0.1) is 17.0 Å². The van der Waals surface area contributed by atoms with Crippen molar-refractivity contribution in [3.63, 3.8) is 0 Å². The van der Waals surface area contributed by atoms with Gasteiger partial charge in [-0.3, -0.25) is 24.6 Å². The smallest absolute Gasteiger partial charge is 0.323 e. The average Bonchev–Trinajstić information content (AvgIpc) is 2.93. The molecule has 1 aromatic rings. The number of carboxylic acid groups (broad SMARTS) is 1. The van der Waals surface area contributed by atoms with Gasteiger partial charge in [0.15, 0.2) is 0 Å². The number of anilines is 1. The number of carboxylic acids is 1. The molecule has 0 aromatic heterocycles. The van der Waals surface area contributed by atoms with E-state index in [0.717, 1.165) is 43.8 Å². The van der Waals surface area contributed by atoms with Crippen molar-refractivity contribution in [2.45, 2.75) is 70.4 Å². The van der Waals surface area contributed by atoms with Crippen LogP contribution in [0.3, 0.4) is 0 Å². The van der Waals surface area contributed by atoms with Crippen molar-refractivity contribution in [1.29, 1.82) is 0 Å². The molecule has 2 aliphatic rings. The Kier molecular flexibility index (Phi) is 12.0. The van der Waals surface area contributed by atoms with Crippen LogP contribution in [0.1, 0.15) is 57.4 Å². The number of benzene rings is 1. The molecule has 3 rings (SSSR count). The van der Waals surface area contributed by atoms with E-state index in [4.69, 9.17) is 4.74 Å². The lowest BCUT2D eigenvalue weighted by Gasteiger charge is -2.27. The Hall–Kier alpha value is -1.97. The van der Waals surface area contributed by atoms with E-state index in [-0.39, 0.29) is 35.5 Å². The van der Waals surface area contributed by atoms with Crippen LogP contribution < -0.4 is 15.5 Å². The van der Waals surface area contributed by atoms with Gasteiger partial charge in [0.05, 0.1) is 12.6 Å². The monoisotopic (exact) mass is 539 g/mol. The zero-order chi connectivity index (χ0) is 23.6. The SMILES string of the molecule is Br.CCOC(=O)[C@H](CCCCC1CCNCC1)N[C@H]1CCc2ccccc2N(CC(=O)O)C1=O. The van der Waals surface area contributed by atoms with Crippen LogP contribution in [0.2, 0.25) is 0 Å². The number of rotatable bonds is 11. The third kappa shape index (κ3) is 8.06. The summed E-state index contributed by atoms with van der Waals surface area (Å²) in [6.45, 7) is 3.80. The van der Waals surface area contributed by atoms with Gasteiger partial charge in [-0.2, -0.15) is 0 Å². The van der Waals surface area contributed by atoms with Crippen molar-refractivity contribution in [3.8, 4) is 0 Å². The molecule has 0 radical (unpaired) electrons. The van der Waals surface area contributed by atoms with E-state index in [0.29, 0.717) is 24.9 Å². The standard InChI is InChI=1S/C25H37N3O5.BrH/c1-2-33-25(32)21(9-5-3-7-18-13-15-26-16-14-18)27-20-12-11-19-8-4-6-10-22(19)28(24(20)31)17-23(29)30;/h4,6,8,10,18,20-21,26-27H,2-3,5,7,9,11-17H2,1H3,(H,29,30);1H/t20-,21-;/m0./s1. The summed E-state index contributed by atoms with van der Waals surface area (Å²) in [5, 5.41) is 16.0. The largest absolute Gasteiger partial charge is 0.480 e. The second-order valence-electron chi connectivity index (χ2n) is 8.99. The summed E-state index contributed by atoms with van der Waals surface area (Å²) in [6.07, 6.45) is 7.20. The minimum Gasteiger partial charge on any atom is -0.480 e. The molecule has 9 heteroatoms. The molecule has 2 aliphatic heterocycles. The van der Waals surface area contributed by atoms with Gasteiger partial charge in [-0.25, -0.2) is 0 Å². The highest BCUT2D eigenvalue weighted by Gasteiger charge is 2.34. The predicted octanol–water partition coefficient (Wildman–Crippen LogP) is 3.08. The minimum absolute atomic E-state index is 0. The van der Waals surface area contributed by atoms with E-state index in [2.05, 4.69) is 10.6 Å². The normalized spacial score (nSPS) is 19.5. The zero-order valence-corrected chi connectivity index (χ0v) is 21.7. The maximum atomic E-state index is 13.3. The maximum absolute atomic E-state index is 13.3. The Labute approximate surface area is 212 Å². The molecule has 0 aliphatic carbocycles. The second kappa shape index (κ2) is 14.4. The highest BCUT2D eigenvalue weighted by Crippen LogP contribution is 2.27. The number of hydrogen-bond acceptors (Lipinski definition) is 6. The van der Waals surface area contributed by atoms with Crippen LogP contribution in [-0.4, -0.2) is 61.3 Å². The first-order chi connectivity index (χ1) is 16.0. The highest BCUT2D eigenvalue weighted by molar-refractivity contribution is 8.93. The number of nitrogens with zero attached hydrogens (tertiary/aromatic N) is 1. The molecule has 1 fully saturated rings. The Morgan fingerprint density at radius 1 is 1.21 bits per heavy atom. The fourth-order valence-corrected chi connectivity index (χ4v) is 4.88. The molecule has 0 unspecified atom stereocenters. The van der Waals surface area contributed by atoms with Crippen LogP contribution in [0.25, 0.3) is 0 Å². The lowest BCUT2D eigenvalue weighted by atomic mass is 9.91. The Morgan fingerprint density at radius 2 is 1.94 bits per heavy atom. The lowest BCUT2D eigenvalue weighted by molar-refractivity contribution is -0.146. The first kappa shape index (κ1) is 28.3. The Morgan fingerprint density at radius 3 is 2.65 bits per heavy atom. The fraction of sp³-hybridized carbons (Fsp3) is 0.640. The molecule has 0 bridgehead atoms. The van der Waals surface area contributed by atoms with Crippen LogP contribution in [-0.2, 0) is 25.5 Å². The third-order valence-electron chi connectivity index (χ3n) is 6.63. The van der Waals surface area contributed by atoms with Gasteiger partial charge >= 0.3 is 11.9 Å². The molecule has 34 heavy (non-hydrogen) atoms. The van der Waals surface area contributed by atoms with Gasteiger partial charge in [0.2, 0.25) is 5.91 Å². The summed E-state index contributed by atoms with van der Waals surface area (Å²) in [6, 6.07) is 6.17. The number of aryl methyl sites for hydroxylation is 1. The topological polar surface area (TPSA) is 108 Å². The van der Waals surface area contributed by atoms with Crippen LogP contribution in [0.15, 0.2) is 24.3 Å². The van der Waals surface area contributed by atoms with Gasteiger partial charge in [0.25, 0.3) is 0 Å². The quantitative estimate of drug-likeness (QED) is 0.293. The van der Waals surface area contributed by atoms with Crippen molar-refractivity contribution in [3.05, 3.63) is 29.8 Å². The van der Waals surface area contributed by atoms with Crippen molar-refractivity contribution in [2.75, 3.05) is 31.1 Å². The number of carbonyl (C=O) groups excluding carboxylic acids is 2. The van der Waals surface area contributed by atoms with Gasteiger partial charge in [0, 0.05) is 5.69 Å². The summed E-state index contributed by atoms with van der Waals surface area (Å²) in [4.78, 5) is 38.8. The number of nitrogens with one attached hydrogen (secondary N) is 2. The zero-order valence-electron chi connectivity index (χ0n) is 20.0. The molecule has 3 N–H and O–H groups in total. The van der Waals surface area contributed by atoms with E-state index in [9.17, 15) is 19.5 Å². The highest BCUT2D eigenvalue weighted by atomic mass is 79.9. The van der Waals surface area contributed by atoms with Crippen LogP contribution >= 0.6 is 17.0 Å². The van der Waals surface area contributed by atoms with Gasteiger partial charge in [-0.1, -0.05) is 37.5 Å². The van der Waals surface area contributed by atoms with Gasteiger partial charge in [0.1, 0.15) is 12.6 Å². The van der Waals surface area contributed by atoms with Crippen molar-refractivity contribution in [2.24, 2.45) is 5.92 Å². The predicted molar refractivity (Wildman–Crippen MR) is 136 cm³/mol. The molecule has 1 amide bonds. The summed E-state index contributed by atoms with van der Waals surface area (Å²) < 4.78 is 5.28. The van der Waals surface area contributed by atoms with Crippen molar-refractivity contribution >= 4 is 40.5 Å². The van der Waals surface area contributed by atoms with E-state index >= 15 is 0 Å². The van der Waals surface area contributed by atoms with Gasteiger partial charge in [-0.05, 0) is 69.7 Å². The van der Waals surface area contributed by atoms with E-state index < -0.39 is 24.6 Å². The first-order valence-corrected chi connectivity index (χ1v) is 12.2. The summed E-state index contributed by atoms with van der Waals surface area (Å²) in [5.74, 6) is -0.990. The average molecular weight is 540 g/mol. The molecule has 0 spiro atoms. The van der Waals surface area contributed by atoms with E-state index in [1.54, 1.807) is 19.1 Å². The fourth-order valence-electron chi connectivity index (χ4n) is 4.88. The molecule has 1 saturated heterocycles. The molecule has 190 valence electrons. The van der Waals surface area contributed by atoms with E-state index in [1.807, 2.05) is 12.1 Å². The number of carbonyl (C=O) groups is 3. The van der Waals surface area contributed by atoms with E-state index in [1.165, 1.54) is 17.7 Å². The number of halogens is 1. The van der Waals surface area contributed by atoms with Gasteiger partial charge < -0.3 is 15.2 Å². The lowest BCUT2D eigenvalue weighted by Crippen LogP contribution is -2.53. The molecular weight excluding hydrogens is 502 g/mol. The number of amides is 1. The number of aliphatic carboxylic acids is 1. The Balaban J connectivity index is 0.00000408.